The monoisotopic (exact) mass is 180 g/mol. The fourth-order valence-electron chi connectivity index (χ4n) is 3.39. The van der Waals surface area contributed by atoms with E-state index in [1.54, 1.807) is 0 Å². The second-order valence-electron chi connectivity index (χ2n) is 5.46. The van der Waals surface area contributed by atoms with E-state index < -0.39 is 0 Å². The standard InChI is InChI=1S/C11H20N2/c12-7-9-5-11(6-9)3-4-13(8-11)10-1-2-10/h9-10H,1-8,12H2. The van der Waals surface area contributed by atoms with Crippen LogP contribution < -0.4 is 5.73 Å². The number of nitrogens with two attached hydrogens (primary N) is 1. The molecule has 2 aliphatic carbocycles. The molecule has 2 heteroatoms. The van der Waals surface area contributed by atoms with Gasteiger partial charge in [0, 0.05) is 12.6 Å². The quantitative estimate of drug-likeness (QED) is 0.692. The van der Waals surface area contributed by atoms with Crippen LogP contribution in [0.1, 0.15) is 32.1 Å². The molecule has 1 aliphatic heterocycles. The van der Waals surface area contributed by atoms with Crippen molar-refractivity contribution in [2.24, 2.45) is 17.1 Å². The molecule has 0 aromatic rings. The van der Waals surface area contributed by atoms with E-state index in [0.29, 0.717) is 0 Å². The highest BCUT2D eigenvalue weighted by Gasteiger charge is 2.49. The second-order valence-corrected chi connectivity index (χ2v) is 5.46. The number of hydrogen-bond acceptors (Lipinski definition) is 2. The van der Waals surface area contributed by atoms with Gasteiger partial charge in [-0.25, -0.2) is 0 Å². The Morgan fingerprint density at radius 2 is 2.08 bits per heavy atom. The van der Waals surface area contributed by atoms with E-state index in [2.05, 4.69) is 4.90 Å². The molecule has 0 amide bonds. The van der Waals surface area contributed by atoms with Crippen LogP contribution in [0.25, 0.3) is 0 Å². The average molecular weight is 180 g/mol. The van der Waals surface area contributed by atoms with Gasteiger partial charge in [-0.2, -0.15) is 0 Å². The number of hydrogen-bond donors (Lipinski definition) is 1. The molecule has 0 aromatic carbocycles. The third-order valence-electron chi connectivity index (χ3n) is 4.31. The van der Waals surface area contributed by atoms with Crippen LogP contribution in [0, 0.1) is 11.3 Å². The van der Waals surface area contributed by atoms with Crippen molar-refractivity contribution in [2.45, 2.75) is 38.1 Å². The fourth-order valence-corrected chi connectivity index (χ4v) is 3.39. The van der Waals surface area contributed by atoms with Crippen molar-refractivity contribution in [1.82, 2.24) is 4.90 Å². The largest absolute Gasteiger partial charge is 0.330 e. The Morgan fingerprint density at radius 3 is 2.69 bits per heavy atom. The highest BCUT2D eigenvalue weighted by molar-refractivity contribution is 5.03. The molecule has 3 aliphatic rings. The molecule has 1 spiro atoms. The predicted molar refractivity (Wildman–Crippen MR) is 53.4 cm³/mol. The van der Waals surface area contributed by atoms with Gasteiger partial charge in [-0.1, -0.05) is 0 Å². The highest BCUT2D eigenvalue weighted by Crippen LogP contribution is 2.52. The van der Waals surface area contributed by atoms with Crippen LogP contribution >= 0.6 is 0 Å². The summed E-state index contributed by atoms with van der Waals surface area (Å²) in [5.74, 6) is 0.860. The molecule has 1 heterocycles. The Kier molecular flexibility index (Phi) is 1.72. The van der Waals surface area contributed by atoms with Crippen LogP contribution in [0.15, 0.2) is 0 Å². The summed E-state index contributed by atoms with van der Waals surface area (Å²) in [6.45, 7) is 3.70. The minimum atomic E-state index is 0.729. The van der Waals surface area contributed by atoms with E-state index in [1.807, 2.05) is 0 Å². The predicted octanol–water partition coefficient (Wildman–Crippen LogP) is 1.21. The zero-order valence-corrected chi connectivity index (χ0v) is 8.34. The SMILES string of the molecule is NCC1CC2(CCN(C3CC3)C2)C1. The van der Waals surface area contributed by atoms with Crippen LogP contribution in [-0.4, -0.2) is 30.6 Å². The lowest BCUT2D eigenvalue weighted by Gasteiger charge is -2.45. The summed E-state index contributed by atoms with van der Waals surface area (Å²) in [6, 6.07) is 0.983. The molecule has 0 unspecified atom stereocenters. The molecule has 0 radical (unpaired) electrons. The number of rotatable bonds is 2. The third-order valence-corrected chi connectivity index (χ3v) is 4.31. The Bertz CT molecular complexity index is 204. The van der Waals surface area contributed by atoms with Gasteiger partial charge in [0.05, 0.1) is 0 Å². The molecule has 74 valence electrons. The molecule has 0 atom stereocenters. The average Bonchev–Trinajstić information content (AvgIpc) is 2.82. The maximum Gasteiger partial charge on any atom is 0.00966 e. The topological polar surface area (TPSA) is 29.3 Å². The van der Waals surface area contributed by atoms with Crippen molar-refractivity contribution in [1.29, 1.82) is 0 Å². The molecule has 3 fully saturated rings. The first kappa shape index (κ1) is 8.25. The fraction of sp³-hybridized carbons (Fsp3) is 1.00. The molecule has 2 nitrogen and oxygen atoms in total. The third kappa shape index (κ3) is 1.31. The minimum absolute atomic E-state index is 0.729. The molecule has 0 aromatic heterocycles. The van der Waals surface area contributed by atoms with Gasteiger partial charge in [-0.05, 0) is 56.5 Å². The lowest BCUT2D eigenvalue weighted by Crippen LogP contribution is -2.42. The molecule has 2 saturated carbocycles. The zero-order chi connectivity index (χ0) is 8.89. The van der Waals surface area contributed by atoms with E-state index in [9.17, 15) is 0 Å². The lowest BCUT2D eigenvalue weighted by atomic mass is 9.61. The molecule has 2 N–H and O–H groups in total. The van der Waals surface area contributed by atoms with Crippen molar-refractivity contribution in [2.75, 3.05) is 19.6 Å². The van der Waals surface area contributed by atoms with Gasteiger partial charge < -0.3 is 5.73 Å². The maximum atomic E-state index is 5.68. The van der Waals surface area contributed by atoms with Crippen molar-refractivity contribution >= 4 is 0 Å². The summed E-state index contributed by atoms with van der Waals surface area (Å²) in [5, 5.41) is 0. The van der Waals surface area contributed by atoms with Crippen LogP contribution in [0.3, 0.4) is 0 Å². The molecule has 13 heavy (non-hydrogen) atoms. The summed E-state index contributed by atoms with van der Waals surface area (Å²) in [4.78, 5) is 2.73. The van der Waals surface area contributed by atoms with Gasteiger partial charge in [-0.15, -0.1) is 0 Å². The van der Waals surface area contributed by atoms with Gasteiger partial charge in [0.25, 0.3) is 0 Å². The lowest BCUT2D eigenvalue weighted by molar-refractivity contribution is 0.0675. The van der Waals surface area contributed by atoms with Gasteiger partial charge in [0.2, 0.25) is 0 Å². The molecular formula is C11H20N2. The minimum Gasteiger partial charge on any atom is -0.330 e. The summed E-state index contributed by atoms with van der Waals surface area (Å²) >= 11 is 0. The Labute approximate surface area is 80.5 Å². The Morgan fingerprint density at radius 1 is 1.31 bits per heavy atom. The zero-order valence-electron chi connectivity index (χ0n) is 8.34. The van der Waals surface area contributed by atoms with Crippen molar-refractivity contribution in [3.05, 3.63) is 0 Å². The van der Waals surface area contributed by atoms with Crippen molar-refractivity contribution < 1.29 is 0 Å². The van der Waals surface area contributed by atoms with E-state index >= 15 is 0 Å². The summed E-state index contributed by atoms with van der Waals surface area (Å²) < 4.78 is 0. The van der Waals surface area contributed by atoms with Crippen LogP contribution in [-0.2, 0) is 0 Å². The van der Waals surface area contributed by atoms with Crippen molar-refractivity contribution in [3.8, 4) is 0 Å². The van der Waals surface area contributed by atoms with Crippen LogP contribution in [0.5, 0.6) is 0 Å². The Balaban J connectivity index is 1.57. The van der Waals surface area contributed by atoms with Gasteiger partial charge in [0.1, 0.15) is 0 Å². The first-order valence-corrected chi connectivity index (χ1v) is 5.75. The van der Waals surface area contributed by atoms with Gasteiger partial charge >= 0.3 is 0 Å². The van der Waals surface area contributed by atoms with E-state index in [-0.39, 0.29) is 0 Å². The van der Waals surface area contributed by atoms with E-state index in [4.69, 9.17) is 5.73 Å². The van der Waals surface area contributed by atoms with E-state index in [0.717, 1.165) is 23.9 Å². The number of nitrogens with zero attached hydrogens (tertiary/aromatic N) is 1. The molecule has 0 bridgehead atoms. The molecular weight excluding hydrogens is 160 g/mol. The molecule has 1 saturated heterocycles. The smallest absolute Gasteiger partial charge is 0.00966 e. The normalized spacial score (nSPS) is 45.5. The van der Waals surface area contributed by atoms with Crippen LogP contribution in [0.2, 0.25) is 0 Å². The first-order valence-electron chi connectivity index (χ1n) is 5.75. The highest BCUT2D eigenvalue weighted by atomic mass is 15.2. The number of likely N-dealkylation sites (tertiary alicyclic amines) is 1. The summed E-state index contributed by atoms with van der Waals surface area (Å²) in [5.41, 5.74) is 6.41. The van der Waals surface area contributed by atoms with Crippen molar-refractivity contribution in [3.63, 3.8) is 0 Å². The van der Waals surface area contributed by atoms with Crippen LogP contribution in [0.4, 0.5) is 0 Å². The Hall–Kier alpha value is -0.0800. The van der Waals surface area contributed by atoms with Gasteiger partial charge in [0.15, 0.2) is 0 Å². The summed E-state index contributed by atoms with van der Waals surface area (Å²) in [6.07, 6.45) is 7.24. The second kappa shape index (κ2) is 2.71. The summed E-state index contributed by atoms with van der Waals surface area (Å²) in [7, 11) is 0. The van der Waals surface area contributed by atoms with Gasteiger partial charge in [-0.3, -0.25) is 4.90 Å². The van der Waals surface area contributed by atoms with E-state index in [1.165, 1.54) is 45.2 Å². The first-order chi connectivity index (χ1) is 6.31. The molecule has 3 rings (SSSR count). The maximum absolute atomic E-state index is 5.68.